The Morgan fingerprint density at radius 3 is 2.96 bits per heavy atom. The summed E-state index contributed by atoms with van der Waals surface area (Å²) in [5.41, 5.74) is 1.47. The monoisotopic (exact) mass is 372 g/mol. The molecule has 1 aliphatic carbocycles. The molecule has 8 nitrogen and oxygen atoms in total. The SMILES string of the molecule is CC1CCCC(OCc2cccc(NC(=O)Cn3cc(C(=O)O)nn3)c2)C1. The Kier molecular flexibility index (Phi) is 6.18. The van der Waals surface area contributed by atoms with Crippen LogP contribution in [0.1, 0.15) is 48.7 Å². The van der Waals surface area contributed by atoms with E-state index in [9.17, 15) is 9.59 Å². The van der Waals surface area contributed by atoms with Crippen LogP contribution >= 0.6 is 0 Å². The summed E-state index contributed by atoms with van der Waals surface area (Å²) in [6.07, 6.45) is 6.23. The van der Waals surface area contributed by atoms with E-state index in [4.69, 9.17) is 9.84 Å². The number of nitrogens with zero attached hydrogens (tertiary/aromatic N) is 3. The molecule has 8 heteroatoms. The zero-order chi connectivity index (χ0) is 19.2. The zero-order valence-electron chi connectivity index (χ0n) is 15.3. The van der Waals surface area contributed by atoms with Crippen LogP contribution in [0, 0.1) is 5.92 Å². The lowest BCUT2D eigenvalue weighted by molar-refractivity contribution is -0.116. The Hall–Kier alpha value is -2.74. The van der Waals surface area contributed by atoms with Crippen molar-refractivity contribution >= 4 is 17.6 Å². The lowest BCUT2D eigenvalue weighted by Crippen LogP contribution is -2.21. The molecule has 144 valence electrons. The van der Waals surface area contributed by atoms with Crippen LogP contribution in [0.2, 0.25) is 0 Å². The summed E-state index contributed by atoms with van der Waals surface area (Å²) in [4.78, 5) is 22.9. The molecule has 1 fully saturated rings. The van der Waals surface area contributed by atoms with E-state index in [1.165, 1.54) is 23.7 Å². The molecule has 1 aromatic heterocycles. The first-order valence-electron chi connectivity index (χ1n) is 9.13. The molecule has 1 aromatic carbocycles. The minimum atomic E-state index is -1.18. The third-order valence-electron chi connectivity index (χ3n) is 4.65. The molecule has 0 spiro atoms. The maximum atomic E-state index is 12.1. The van der Waals surface area contributed by atoms with Gasteiger partial charge in [-0.1, -0.05) is 37.1 Å². The molecule has 2 atom stereocenters. The van der Waals surface area contributed by atoms with Crippen molar-refractivity contribution < 1.29 is 19.4 Å². The van der Waals surface area contributed by atoms with E-state index in [1.54, 1.807) is 6.07 Å². The summed E-state index contributed by atoms with van der Waals surface area (Å²) in [7, 11) is 0. The van der Waals surface area contributed by atoms with Gasteiger partial charge in [0, 0.05) is 5.69 Å². The summed E-state index contributed by atoms with van der Waals surface area (Å²) in [6.45, 7) is 2.67. The Morgan fingerprint density at radius 2 is 2.22 bits per heavy atom. The van der Waals surface area contributed by atoms with E-state index in [0.717, 1.165) is 18.4 Å². The van der Waals surface area contributed by atoms with Crippen molar-refractivity contribution in [1.82, 2.24) is 15.0 Å². The van der Waals surface area contributed by atoms with Gasteiger partial charge in [-0.2, -0.15) is 0 Å². The minimum absolute atomic E-state index is 0.110. The molecular formula is C19H24N4O4. The summed E-state index contributed by atoms with van der Waals surface area (Å²) in [6, 6.07) is 7.52. The van der Waals surface area contributed by atoms with Gasteiger partial charge in [0.05, 0.1) is 18.9 Å². The van der Waals surface area contributed by atoms with Crippen molar-refractivity contribution in [2.45, 2.75) is 51.9 Å². The first kappa shape index (κ1) is 19.0. The minimum Gasteiger partial charge on any atom is -0.476 e. The van der Waals surface area contributed by atoms with Crippen LogP contribution in [-0.2, 0) is 22.7 Å². The number of aromatic carboxylic acids is 1. The number of hydrogen-bond donors (Lipinski definition) is 2. The van der Waals surface area contributed by atoms with Gasteiger partial charge in [-0.05, 0) is 36.5 Å². The van der Waals surface area contributed by atoms with E-state index < -0.39 is 5.97 Å². The van der Waals surface area contributed by atoms with Gasteiger partial charge < -0.3 is 15.2 Å². The quantitative estimate of drug-likeness (QED) is 0.774. The first-order valence-corrected chi connectivity index (χ1v) is 9.13. The topological polar surface area (TPSA) is 106 Å². The van der Waals surface area contributed by atoms with Crippen LogP contribution in [0.3, 0.4) is 0 Å². The molecular weight excluding hydrogens is 348 g/mol. The van der Waals surface area contributed by atoms with Crippen LogP contribution in [0.15, 0.2) is 30.5 Å². The Bertz CT molecular complexity index is 805. The number of nitrogens with one attached hydrogen (secondary N) is 1. The number of amides is 1. The van der Waals surface area contributed by atoms with Gasteiger partial charge >= 0.3 is 5.97 Å². The average Bonchev–Trinajstić information content (AvgIpc) is 3.09. The van der Waals surface area contributed by atoms with Crippen LogP contribution in [0.5, 0.6) is 0 Å². The fourth-order valence-corrected chi connectivity index (χ4v) is 3.30. The Morgan fingerprint density at radius 1 is 1.37 bits per heavy atom. The average molecular weight is 372 g/mol. The summed E-state index contributed by atoms with van der Waals surface area (Å²) < 4.78 is 7.22. The van der Waals surface area contributed by atoms with E-state index >= 15 is 0 Å². The van der Waals surface area contributed by atoms with Crippen molar-refractivity contribution in [2.24, 2.45) is 5.92 Å². The predicted molar refractivity (Wildman–Crippen MR) is 98.3 cm³/mol. The lowest BCUT2D eigenvalue weighted by Gasteiger charge is -2.26. The number of rotatable bonds is 7. The van der Waals surface area contributed by atoms with E-state index in [0.29, 0.717) is 24.3 Å². The highest BCUT2D eigenvalue weighted by molar-refractivity contribution is 5.90. The molecule has 1 saturated carbocycles. The smallest absolute Gasteiger partial charge is 0.358 e. The van der Waals surface area contributed by atoms with E-state index in [1.807, 2.05) is 18.2 Å². The number of carboxylic acid groups (broad SMARTS) is 1. The number of anilines is 1. The predicted octanol–water partition coefficient (Wildman–Crippen LogP) is 2.71. The zero-order valence-corrected chi connectivity index (χ0v) is 15.3. The highest BCUT2D eigenvalue weighted by atomic mass is 16.5. The number of carboxylic acids is 1. The number of benzene rings is 1. The molecule has 2 aromatic rings. The third kappa shape index (κ3) is 5.62. The fraction of sp³-hybridized carbons (Fsp3) is 0.474. The van der Waals surface area contributed by atoms with Gasteiger partial charge in [0.1, 0.15) is 6.54 Å². The molecule has 0 saturated heterocycles. The van der Waals surface area contributed by atoms with Crippen LogP contribution in [-0.4, -0.2) is 38.1 Å². The van der Waals surface area contributed by atoms with Gasteiger partial charge in [0.25, 0.3) is 0 Å². The third-order valence-corrected chi connectivity index (χ3v) is 4.65. The van der Waals surface area contributed by atoms with Crippen molar-refractivity contribution in [3.63, 3.8) is 0 Å². The van der Waals surface area contributed by atoms with Crippen molar-refractivity contribution in [3.8, 4) is 0 Å². The first-order chi connectivity index (χ1) is 13.0. The molecule has 27 heavy (non-hydrogen) atoms. The molecule has 0 radical (unpaired) electrons. The highest BCUT2D eigenvalue weighted by Crippen LogP contribution is 2.26. The van der Waals surface area contributed by atoms with Crippen LogP contribution in [0.25, 0.3) is 0 Å². The van der Waals surface area contributed by atoms with Crippen molar-refractivity contribution in [3.05, 3.63) is 41.7 Å². The summed E-state index contributed by atoms with van der Waals surface area (Å²) >= 11 is 0. The number of carbonyl (C=O) groups is 2. The molecule has 1 aliphatic rings. The molecule has 1 amide bonds. The fourth-order valence-electron chi connectivity index (χ4n) is 3.30. The molecule has 1 heterocycles. The van der Waals surface area contributed by atoms with E-state index in [2.05, 4.69) is 22.6 Å². The van der Waals surface area contributed by atoms with Gasteiger partial charge in [0.15, 0.2) is 5.69 Å². The van der Waals surface area contributed by atoms with Crippen LogP contribution < -0.4 is 5.32 Å². The number of aromatic nitrogens is 3. The Balaban J connectivity index is 1.51. The molecule has 2 N–H and O–H groups in total. The van der Waals surface area contributed by atoms with Gasteiger partial charge in [-0.15, -0.1) is 5.10 Å². The largest absolute Gasteiger partial charge is 0.476 e. The molecule has 0 aliphatic heterocycles. The van der Waals surface area contributed by atoms with Crippen LogP contribution in [0.4, 0.5) is 5.69 Å². The van der Waals surface area contributed by atoms with Gasteiger partial charge in [0.2, 0.25) is 5.91 Å². The molecule has 2 unspecified atom stereocenters. The standard InChI is InChI=1S/C19H24N4O4/c1-13-4-2-7-16(8-13)27-12-14-5-3-6-15(9-14)20-18(24)11-23-10-17(19(25)26)21-22-23/h3,5-6,9-10,13,16H,2,4,7-8,11-12H2,1H3,(H,20,24)(H,25,26). The number of ether oxygens (including phenoxy) is 1. The number of carbonyl (C=O) groups excluding carboxylic acids is 1. The van der Waals surface area contributed by atoms with Gasteiger partial charge in [-0.3, -0.25) is 4.79 Å². The summed E-state index contributed by atoms with van der Waals surface area (Å²) in [5, 5.41) is 18.7. The molecule has 3 rings (SSSR count). The van der Waals surface area contributed by atoms with Crippen molar-refractivity contribution in [1.29, 1.82) is 0 Å². The highest BCUT2D eigenvalue weighted by Gasteiger charge is 2.19. The molecule has 0 bridgehead atoms. The maximum absolute atomic E-state index is 12.1. The maximum Gasteiger partial charge on any atom is 0.358 e. The van der Waals surface area contributed by atoms with E-state index in [-0.39, 0.29) is 18.1 Å². The normalized spacial score (nSPS) is 19.6. The van der Waals surface area contributed by atoms with Gasteiger partial charge in [-0.25, -0.2) is 9.48 Å². The Labute approximate surface area is 157 Å². The lowest BCUT2D eigenvalue weighted by atomic mass is 9.89. The number of hydrogen-bond acceptors (Lipinski definition) is 5. The van der Waals surface area contributed by atoms with Crippen molar-refractivity contribution in [2.75, 3.05) is 5.32 Å². The second-order valence-corrected chi connectivity index (χ2v) is 7.06. The second kappa shape index (κ2) is 8.77. The summed E-state index contributed by atoms with van der Waals surface area (Å²) in [5.74, 6) is -0.773. The second-order valence-electron chi connectivity index (χ2n) is 7.06.